The Morgan fingerprint density at radius 2 is 2.00 bits per heavy atom. The Balaban J connectivity index is 2.14. The molecule has 0 spiro atoms. The van der Waals surface area contributed by atoms with E-state index >= 15 is 0 Å². The topological polar surface area (TPSA) is 17.3 Å². The van der Waals surface area contributed by atoms with Gasteiger partial charge in [0.2, 0.25) is 0 Å². The molecule has 0 radical (unpaired) electrons. The number of benzene rings is 1. The average Bonchev–Trinajstić information content (AvgIpc) is 2.91. The molecule has 0 N–H and O–H groups in total. The van der Waals surface area contributed by atoms with E-state index in [1.807, 2.05) is 24.3 Å². The molecule has 0 amide bonds. The molecule has 24 heavy (non-hydrogen) atoms. The first-order valence-electron chi connectivity index (χ1n) is 7.99. The van der Waals surface area contributed by atoms with Gasteiger partial charge in [0.15, 0.2) is 4.80 Å². The van der Waals surface area contributed by atoms with Crippen molar-refractivity contribution in [2.45, 2.75) is 31.2 Å². The molecule has 2 nitrogen and oxygen atoms in total. The second-order valence-electron chi connectivity index (χ2n) is 6.00. The summed E-state index contributed by atoms with van der Waals surface area (Å²) < 4.78 is 2.27. The molecule has 1 aromatic carbocycles. The molecule has 1 aliphatic rings. The fourth-order valence-corrected chi connectivity index (χ4v) is 4.61. The highest BCUT2D eigenvalue weighted by molar-refractivity contribution is 7.07. The Kier molecular flexibility index (Phi) is 5.33. The number of hydrogen-bond donors (Lipinski definition) is 0. The number of hydrogen-bond acceptors (Lipinski definition) is 2. The third-order valence-corrected chi connectivity index (χ3v) is 6.28. The van der Waals surface area contributed by atoms with Gasteiger partial charge in [0, 0.05) is 23.0 Å². The number of nitrogens with zero attached hydrogens (tertiary/aromatic N) is 2. The van der Waals surface area contributed by atoms with Crippen molar-refractivity contribution in [2.24, 2.45) is 4.99 Å². The summed E-state index contributed by atoms with van der Waals surface area (Å²) in [7, 11) is 0. The van der Waals surface area contributed by atoms with Crippen molar-refractivity contribution in [2.75, 3.05) is 6.54 Å². The van der Waals surface area contributed by atoms with Crippen LogP contribution in [0, 0.1) is 0 Å². The van der Waals surface area contributed by atoms with E-state index in [-0.39, 0.29) is 5.41 Å². The SMILES string of the molecule is C=CC/N=c1\scc(C2(c3ccc(Cl)c(Cl)c3)CCC2)n1CC=C. The van der Waals surface area contributed by atoms with Crippen molar-refractivity contribution in [3.05, 3.63) is 75.0 Å². The fourth-order valence-electron chi connectivity index (χ4n) is 3.30. The van der Waals surface area contributed by atoms with Crippen LogP contribution in [0.15, 0.2) is 53.9 Å². The molecule has 1 saturated carbocycles. The van der Waals surface area contributed by atoms with E-state index in [1.54, 1.807) is 11.3 Å². The van der Waals surface area contributed by atoms with Gasteiger partial charge in [-0.05, 0) is 30.5 Å². The third kappa shape index (κ3) is 3.01. The summed E-state index contributed by atoms with van der Waals surface area (Å²) in [6.45, 7) is 9.03. The molecule has 0 unspecified atom stereocenters. The van der Waals surface area contributed by atoms with Gasteiger partial charge in [0.25, 0.3) is 0 Å². The van der Waals surface area contributed by atoms with Crippen LogP contribution in [0.25, 0.3) is 0 Å². The van der Waals surface area contributed by atoms with E-state index in [0.717, 1.165) is 24.2 Å². The van der Waals surface area contributed by atoms with Gasteiger partial charge in [-0.2, -0.15) is 0 Å². The first-order chi connectivity index (χ1) is 11.6. The Labute approximate surface area is 156 Å². The van der Waals surface area contributed by atoms with E-state index in [0.29, 0.717) is 16.6 Å². The number of aromatic nitrogens is 1. The quantitative estimate of drug-likeness (QED) is 0.582. The highest BCUT2D eigenvalue weighted by Gasteiger charge is 2.43. The van der Waals surface area contributed by atoms with Crippen molar-refractivity contribution in [3.63, 3.8) is 0 Å². The molecular formula is C19H20Cl2N2S. The number of rotatable bonds is 6. The van der Waals surface area contributed by atoms with Crippen LogP contribution in [0.3, 0.4) is 0 Å². The Hall–Kier alpha value is -1.29. The fraction of sp³-hybridized carbons (Fsp3) is 0.316. The van der Waals surface area contributed by atoms with Gasteiger partial charge < -0.3 is 4.57 Å². The van der Waals surface area contributed by atoms with Gasteiger partial charge >= 0.3 is 0 Å². The first kappa shape index (κ1) is 17.5. The van der Waals surface area contributed by atoms with Gasteiger partial charge in [0.1, 0.15) is 0 Å². The maximum Gasteiger partial charge on any atom is 0.185 e. The lowest BCUT2D eigenvalue weighted by molar-refractivity contribution is 0.284. The average molecular weight is 379 g/mol. The zero-order valence-corrected chi connectivity index (χ0v) is 15.8. The monoisotopic (exact) mass is 378 g/mol. The molecule has 1 fully saturated rings. The van der Waals surface area contributed by atoms with Crippen molar-refractivity contribution < 1.29 is 0 Å². The zero-order valence-electron chi connectivity index (χ0n) is 13.5. The summed E-state index contributed by atoms with van der Waals surface area (Å²) in [5, 5.41) is 3.44. The van der Waals surface area contributed by atoms with Crippen LogP contribution in [0.5, 0.6) is 0 Å². The zero-order chi connectivity index (χ0) is 17.2. The predicted molar refractivity (Wildman–Crippen MR) is 104 cm³/mol. The van der Waals surface area contributed by atoms with Gasteiger partial charge in [-0.25, -0.2) is 0 Å². The van der Waals surface area contributed by atoms with E-state index in [2.05, 4.69) is 34.2 Å². The van der Waals surface area contributed by atoms with Crippen molar-refractivity contribution in [1.82, 2.24) is 4.57 Å². The van der Waals surface area contributed by atoms with Crippen LogP contribution in [-0.4, -0.2) is 11.1 Å². The summed E-state index contributed by atoms with van der Waals surface area (Å²) >= 11 is 14.1. The second-order valence-corrected chi connectivity index (χ2v) is 7.65. The van der Waals surface area contributed by atoms with Gasteiger partial charge in [-0.15, -0.1) is 24.5 Å². The Morgan fingerprint density at radius 3 is 2.58 bits per heavy atom. The molecule has 0 aliphatic heterocycles. The van der Waals surface area contributed by atoms with Crippen LogP contribution < -0.4 is 4.80 Å². The number of thiazole rings is 1. The number of halogens is 2. The van der Waals surface area contributed by atoms with Crippen molar-refractivity contribution in [1.29, 1.82) is 0 Å². The van der Waals surface area contributed by atoms with Crippen molar-refractivity contribution in [3.8, 4) is 0 Å². The van der Waals surface area contributed by atoms with Crippen LogP contribution >= 0.6 is 34.5 Å². The molecule has 0 atom stereocenters. The molecule has 1 heterocycles. The summed E-state index contributed by atoms with van der Waals surface area (Å²) in [5.74, 6) is 0. The second kappa shape index (κ2) is 7.30. The molecule has 3 rings (SSSR count). The van der Waals surface area contributed by atoms with E-state index in [9.17, 15) is 0 Å². The summed E-state index contributed by atoms with van der Waals surface area (Å²) in [6, 6.07) is 6.01. The minimum Gasteiger partial charge on any atom is -0.316 e. The lowest BCUT2D eigenvalue weighted by Crippen LogP contribution is -2.39. The molecule has 0 bridgehead atoms. The lowest BCUT2D eigenvalue weighted by Gasteiger charge is -2.43. The van der Waals surface area contributed by atoms with E-state index in [1.165, 1.54) is 17.7 Å². The normalized spacial score (nSPS) is 16.7. The Morgan fingerprint density at radius 1 is 1.21 bits per heavy atom. The van der Waals surface area contributed by atoms with Gasteiger partial charge in [-0.1, -0.05) is 47.8 Å². The van der Waals surface area contributed by atoms with Crippen LogP contribution in [0.1, 0.15) is 30.5 Å². The maximum absolute atomic E-state index is 6.28. The third-order valence-electron chi connectivity index (χ3n) is 4.63. The standard InChI is InChI=1S/C19H20Cl2N2S/c1-3-10-22-18-23(11-4-2)17(13-24-18)19(8-5-9-19)14-6-7-15(20)16(21)12-14/h3-4,6-7,12-13H,1-2,5,8-11H2/b22-18-. The molecule has 5 heteroatoms. The van der Waals surface area contributed by atoms with E-state index in [4.69, 9.17) is 23.2 Å². The van der Waals surface area contributed by atoms with Crippen LogP contribution in [0.4, 0.5) is 0 Å². The molecular weight excluding hydrogens is 359 g/mol. The summed E-state index contributed by atoms with van der Waals surface area (Å²) in [6.07, 6.45) is 7.17. The summed E-state index contributed by atoms with van der Waals surface area (Å²) in [4.78, 5) is 5.64. The smallest absolute Gasteiger partial charge is 0.185 e. The first-order valence-corrected chi connectivity index (χ1v) is 9.62. The lowest BCUT2D eigenvalue weighted by atomic mass is 9.62. The highest BCUT2D eigenvalue weighted by atomic mass is 35.5. The minimum absolute atomic E-state index is 0.00428. The largest absolute Gasteiger partial charge is 0.316 e. The molecule has 126 valence electrons. The number of allylic oxidation sites excluding steroid dienone is 1. The Bertz CT molecular complexity index is 828. The predicted octanol–water partition coefficient (Wildman–Crippen LogP) is 5.60. The minimum atomic E-state index is -0.00428. The molecule has 1 aliphatic carbocycles. The summed E-state index contributed by atoms with van der Waals surface area (Å²) in [5.41, 5.74) is 2.52. The van der Waals surface area contributed by atoms with E-state index < -0.39 is 0 Å². The maximum atomic E-state index is 6.28. The molecule has 2 aromatic rings. The van der Waals surface area contributed by atoms with Crippen molar-refractivity contribution >= 4 is 34.5 Å². The molecule has 0 saturated heterocycles. The highest BCUT2D eigenvalue weighted by Crippen LogP contribution is 2.50. The van der Waals surface area contributed by atoms with Gasteiger partial charge in [0.05, 0.1) is 16.6 Å². The molecule has 1 aromatic heterocycles. The van der Waals surface area contributed by atoms with Crippen LogP contribution in [0.2, 0.25) is 10.0 Å². The van der Waals surface area contributed by atoms with Crippen LogP contribution in [-0.2, 0) is 12.0 Å². The van der Waals surface area contributed by atoms with Gasteiger partial charge in [-0.3, -0.25) is 4.99 Å².